The zero-order chi connectivity index (χ0) is 10.7. The molecule has 0 radical (unpaired) electrons. The van der Waals surface area contributed by atoms with Gasteiger partial charge in [0.25, 0.3) is 5.91 Å². The van der Waals surface area contributed by atoms with Crippen LogP contribution in [-0.4, -0.2) is 41.0 Å². The molecule has 0 aromatic carbocycles. The Morgan fingerprint density at radius 3 is 2.36 bits per heavy atom. The zero-order valence-electron chi connectivity index (χ0n) is 8.27. The van der Waals surface area contributed by atoms with Crippen LogP contribution in [0.2, 0.25) is 0 Å². The first kappa shape index (κ1) is 11.0. The van der Waals surface area contributed by atoms with Crippen molar-refractivity contribution in [2.75, 3.05) is 13.1 Å². The molecule has 0 aromatic heterocycles. The third-order valence-corrected chi connectivity index (χ3v) is 2.63. The fourth-order valence-electron chi connectivity index (χ4n) is 1.53. The number of nitrogens with zero attached hydrogens (tertiary/aromatic N) is 1. The number of carbonyl (C=O) groups is 2. The number of amides is 1. The number of nitrogens with two attached hydrogens (primary N) is 1. The number of rotatable bonds is 2. The Hall–Kier alpha value is -1.10. The van der Waals surface area contributed by atoms with Gasteiger partial charge < -0.3 is 15.7 Å². The van der Waals surface area contributed by atoms with E-state index in [2.05, 4.69) is 6.92 Å². The molecule has 1 unspecified atom stereocenters. The minimum Gasteiger partial charge on any atom is -0.480 e. The smallest absolute Gasteiger partial charge is 0.330 e. The van der Waals surface area contributed by atoms with Gasteiger partial charge in [0.1, 0.15) is 0 Å². The third kappa shape index (κ3) is 2.45. The first-order valence-corrected chi connectivity index (χ1v) is 4.79. The summed E-state index contributed by atoms with van der Waals surface area (Å²) in [6.07, 6.45) is 1.86. The van der Waals surface area contributed by atoms with E-state index in [0.717, 1.165) is 12.8 Å². The van der Waals surface area contributed by atoms with E-state index in [4.69, 9.17) is 10.8 Å². The average molecular weight is 200 g/mol. The summed E-state index contributed by atoms with van der Waals surface area (Å²) in [5.74, 6) is -1.11. The maximum absolute atomic E-state index is 11.5. The quantitative estimate of drug-likeness (QED) is 0.597. The van der Waals surface area contributed by atoms with E-state index in [9.17, 15) is 9.59 Å². The number of piperidine rings is 1. The van der Waals surface area contributed by atoms with Gasteiger partial charge in [0, 0.05) is 13.1 Å². The van der Waals surface area contributed by atoms with Crippen LogP contribution in [0.5, 0.6) is 0 Å². The zero-order valence-corrected chi connectivity index (χ0v) is 8.27. The van der Waals surface area contributed by atoms with Gasteiger partial charge in [-0.2, -0.15) is 0 Å². The third-order valence-electron chi connectivity index (χ3n) is 2.63. The van der Waals surface area contributed by atoms with Gasteiger partial charge in [-0.1, -0.05) is 6.92 Å². The van der Waals surface area contributed by atoms with Gasteiger partial charge in [0.2, 0.25) is 0 Å². The normalized spacial score (nSPS) is 20.6. The predicted octanol–water partition coefficient (Wildman–Crippen LogP) is -0.343. The van der Waals surface area contributed by atoms with Crippen LogP contribution in [0.1, 0.15) is 19.8 Å². The summed E-state index contributed by atoms with van der Waals surface area (Å²) in [6.45, 7) is 3.38. The highest BCUT2D eigenvalue weighted by Crippen LogP contribution is 2.16. The van der Waals surface area contributed by atoms with Crippen LogP contribution in [0.4, 0.5) is 0 Å². The van der Waals surface area contributed by atoms with E-state index in [-0.39, 0.29) is 0 Å². The van der Waals surface area contributed by atoms with Gasteiger partial charge in [0.05, 0.1) is 0 Å². The van der Waals surface area contributed by atoms with Crippen LogP contribution in [0.25, 0.3) is 0 Å². The molecule has 1 rings (SSSR count). The largest absolute Gasteiger partial charge is 0.480 e. The van der Waals surface area contributed by atoms with Crippen molar-refractivity contribution in [3.63, 3.8) is 0 Å². The number of hydrogen-bond acceptors (Lipinski definition) is 3. The lowest BCUT2D eigenvalue weighted by Crippen LogP contribution is -2.50. The SMILES string of the molecule is CC1CCN(C(=O)C(N)C(=O)O)CC1. The van der Waals surface area contributed by atoms with Crippen LogP contribution < -0.4 is 5.73 Å². The van der Waals surface area contributed by atoms with Crippen LogP contribution in [-0.2, 0) is 9.59 Å². The molecule has 1 fully saturated rings. The molecular weight excluding hydrogens is 184 g/mol. The van der Waals surface area contributed by atoms with Crippen LogP contribution in [0.15, 0.2) is 0 Å². The summed E-state index contributed by atoms with van der Waals surface area (Å²) in [5, 5.41) is 8.56. The number of hydrogen-bond donors (Lipinski definition) is 2. The molecule has 1 amide bonds. The molecular formula is C9H16N2O3. The Morgan fingerprint density at radius 1 is 1.43 bits per heavy atom. The topological polar surface area (TPSA) is 83.6 Å². The molecule has 5 nitrogen and oxygen atoms in total. The van der Waals surface area contributed by atoms with Crippen molar-refractivity contribution in [2.24, 2.45) is 11.7 Å². The molecule has 5 heteroatoms. The van der Waals surface area contributed by atoms with E-state index in [1.54, 1.807) is 4.90 Å². The average Bonchev–Trinajstić information content (AvgIpc) is 2.16. The number of aliphatic carboxylic acids is 1. The first-order chi connectivity index (χ1) is 6.52. The molecule has 0 bridgehead atoms. The molecule has 1 saturated heterocycles. The molecule has 3 N–H and O–H groups in total. The number of carboxylic acids is 1. The lowest BCUT2D eigenvalue weighted by atomic mass is 9.99. The molecule has 0 aliphatic carbocycles. The summed E-state index contributed by atoms with van der Waals surface area (Å²) in [6, 6.07) is -1.40. The minimum atomic E-state index is -1.40. The van der Waals surface area contributed by atoms with Crippen molar-refractivity contribution < 1.29 is 14.7 Å². The standard InChI is InChI=1S/C9H16N2O3/c1-6-2-4-11(5-3-6)8(12)7(10)9(13)14/h6-7H,2-5,10H2,1H3,(H,13,14). The van der Waals surface area contributed by atoms with E-state index in [1.807, 2.05) is 0 Å². The maximum Gasteiger partial charge on any atom is 0.330 e. The first-order valence-electron chi connectivity index (χ1n) is 4.79. The van der Waals surface area contributed by atoms with Gasteiger partial charge in [-0.15, -0.1) is 0 Å². The molecule has 80 valence electrons. The second kappa shape index (κ2) is 4.41. The van der Waals surface area contributed by atoms with Gasteiger partial charge in [-0.3, -0.25) is 4.79 Å². The molecule has 1 aliphatic rings. The molecule has 1 aliphatic heterocycles. The lowest BCUT2D eigenvalue weighted by molar-refractivity contribution is -0.147. The Kier molecular flexibility index (Phi) is 3.46. The number of carboxylic acid groups (broad SMARTS) is 1. The highest BCUT2D eigenvalue weighted by molar-refractivity contribution is 6.00. The monoisotopic (exact) mass is 200 g/mol. The Bertz CT molecular complexity index is 234. The molecule has 0 saturated carbocycles. The molecule has 1 atom stereocenters. The number of likely N-dealkylation sites (tertiary alicyclic amines) is 1. The Morgan fingerprint density at radius 2 is 1.93 bits per heavy atom. The summed E-state index contributed by atoms with van der Waals surface area (Å²) in [5.41, 5.74) is 5.23. The second-order valence-corrected chi connectivity index (χ2v) is 3.82. The van der Waals surface area contributed by atoms with Crippen molar-refractivity contribution in [2.45, 2.75) is 25.8 Å². The molecule has 14 heavy (non-hydrogen) atoms. The van der Waals surface area contributed by atoms with Gasteiger partial charge in [-0.25, -0.2) is 4.79 Å². The van der Waals surface area contributed by atoms with Crippen molar-refractivity contribution in [3.8, 4) is 0 Å². The van der Waals surface area contributed by atoms with Crippen LogP contribution >= 0.6 is 0 Å². The predicted molar refractivity (Wildman–Crippen MR) is 50.6 cm³/mol. The molecule has 0 spiro atoms. The van der Waals surface area contributed by atoms with E-state index < -0.39 is 17.9 Å². The van der Waals surface area contributed by atoms with Crippen LogP contribution in [0, 0.1) is 5.92 Å². The van der Waals surface area contributed by atoms with E-state index in [0.29, 0.717) is 19.0 Å². The second-order valence-electron chi connectivity index (χ2n) is 3.82. The Balaban J connectivity index is 2.49. The van der Waals surface area contributed by atoms with E-state index >= 15 is 0 Å². The van der Waals surface area contributed by atoms with Crippen molar-refractivity contribution in [1.29, 1.82) is 0 Å². The summed E-state index contributed by atoms with van der Waals surface area (Å²) in [4.78, 5) is 23.5. The van der Waals surface area contributed by atoms with Crippen LogP contribution in [0.3, 0.4) is 0 Å². The maximum atomic E-state index is 11.5. The fourth-order valence-corrected chi connectivity index (χ4v) is 1.53. The highest BCUT2D eigenvalue weighted by atomic mass is 16.4. The van der Waals surface area contributed by atoms with E-state index in [1.165, 1.54) is 0 Å². The highest BCUT2D eigenvalue weighted by Gasteiger charge is 2.28. The van der Waals surface area contributed by atoms with Gasteiger partial charge >= 0.3 is 5.97 Å². The van der Waals surface area contributed by atoms with Gasteiger partial charge in [0.15, 0.2) is 6.04 Å². The molecule has 1 heterocycles. The fraction of sp³-hybridized carbons (Fsp3) is 0.778. The van der Waals surface area contributed by atoms with Crippen molar-refractivity contribution in [1.82, 2.24) is 4.90 Å². The summed E-state index contributed by atoms with van der Waals surface area (Å²) in [7, 11) is 0. The Labute approximate surface area is 82.9 Å². The van der Waals surface area contributed by atoms with Gasteiger partial charge in [-0.05, 0) is 18.8 Å². The number of carbonyl (C=O) groups excluding carboxylic acids is 1. The summed E-state index contributed by atoms with van der Waals surface area (Å²) >= 11 is 0. The minimum absolute atomic E-state index is 0.468. The van der Waals surface area contributed by atoms with Crippen molar-refractivity contribution >= 4 is 11.9 Å². The summed E-state index contributed by atoms with van der Waals surface area (Å²) < 4.78 is 0. The lowest BCUT2D eigenvalue weighted by Gasteiger charge is -2.31. The molecule has 0 aromatic rings. The van der Waals surface area contributed by atoms with Crippen molar-refractivity contribution in [3.05, 3.63) is 0 Å².